The average molecular weight is 377 g/mol. The SMILES string of the molecule is Cc1c(Cl)cccc1NC(=O)COC(=O)c1ccccc1OCC(N)=O. The number of carbonyl (C=O) groups excluding carboxylic acids is 3. The van der Waals surface area contributed by atoms with Crippen LogP contribution in [-0.2, 0) is 14.3 Å². The second kappa shape index (κ2) is 8.87. The molecule has 0 saturated heterocycles. The van der Waals surface area contributed by atoms with Crippen LogP contribution in [-0.4, -0.2) is 31.0 Å². The van der Waals surface area contributed by atoms with Crippen molar-refractivity contribution in [3.8, 4) is 5.75 Å². The maximum atomic E-state index is 12.2. The lowest BCUT2D eigenvalue weighted by molar-refractivity contribution is -0.120. The molecular weight excluding hydrogens is 360 g/mol. The van der Waals surface area contributed by atoms with Crippen molar-refractivity contribution in [1.29, 1.82) is 0 Å². The quantitative estimate of drug-likeness (QED) is 0.721. The Kier molecular flexibility index (Phi) is 6.57. The van der Waals surface area contributed by atoms with Crippen LogP contribution in [0.15, 0.2) is 42.5 Å². The molecule has 0 radical (unpaired) electrons. The van der Waals surface area contributed by atoms with E-state index in [0.717, 1.165) is 0 Å². The Hall–Kier alpha value is -3.06. The fourth-order valence-electron chi connectivity index (χ4n) is 2.05. The zero-order valence-corrected chi connectivity index (χ0v) is 14.7. The molecule has 0 atom stereocenters. The predicted octanol–water partition coefficient (Wildman–Crippen LogP) is 2.31. The van der Waals surface area contributed by atoms with Gasteiger partial charge >= 0.3 is 5.97 Å². The molecule has 0 unspecified atom stereocenters. The van der Waals surface area contributed by atoms with Gasteiger partial charge in [0, 0.05) is 10.7 Å². The molecule has 136 valence electrons. The molecule has 8 heteroatoms. The first-order valence-corrected chi connectivity index (χ1v) is 7.98. The van der Waals surface area contributed by atoms with Crippen molar-refractivity contribution in [2.75, 3.05) is 18.5 Å². The minimum Gasteiger partial charge on any atom is -0.483 e. The third kappa shape index (κ3) is 5.22. The Labute approximate surface area is 155 Å². The van der Waals surface area contributed by atoms with Crippen molar-refractivity contribution in [1.82, 2.24) is 0 Å². The zero-order chi connectivity index (χ0) is 19.1. The summed E-state index contributed by atoms with van der Waals surface area (Å²) in [5.74, 6) is -1.81. The molecule has 0 heterocycles. The highest BCUT2D eigenvalue weighted by atomic mass is 35.5. The first kappa shape index (κ1) is 19.3. The standard InChI is InChI=1S/C18H17ClN2O5/c1-11-13(19)6-4-7-14(11)21-17(23)10-26-18(24)12-5-2-3-8-15(12)25-9-16(20)22/h2-8H,9-10H2,1H3,(H2,20,22)(H,21,23). The number of primary amides is 1. The van der Waals surface area contributed by atoms with Crippen molar-refractivity contribution in [3.63, 3.8) is 0 Å². The summed E-state index contributed by atoms with van der Waals surface area (Å²) >= 11 is 5.99. The number of hydrogen-bond acceptors (Lipinski definition) is 5. The number of halogens is 1. The molecule has 0 aromatic heterocycles. The smallest absolute Gasteiger partial charge is 0.342 e. The molecule has 0 aliphatic heterocycles. The molecule has 2 amide bonds. The highest BCUT2D eigenvalue weighted by Crippen LogP contribution is 2.23. The second-order valence-corrected chi connectivity index (χ2v) is 5.70. The van der Waals surface area contributed by atoms with E-state index in [1.165, 1.54) is 12.1 Å². The van der Waals surface area contributed by atoms with Crippen molar-refractivity contribution in [3.05, 3.63) is 58.6 Å². The number of esters is 1. The predicted molar refractivity (Wildman–Crippen MR) is 96.2 cm³/mol. The Balaban J connectivity index is 1.97. The summed E-state index contributed by atoms with van der Waals surface area (Å²) in [4.78, 5) is 35.0. The van der Waals surface area contributed by atoms with E-state index in [4.69, 9.17) is 26.8 Å². The van der Waals surface area contributed by atoms with E-state index in [1.54, 1.807) is 37.3 Å². The van der Waals surface area contributed by atoms with E-state index in [1.807, 2.05) is 0 Å². The molecule has 0 fully saturated rings. The molecule has 2 aromatic rings. The number of amides is 2. The molecular formula is C18H17ClN2O5. The van der Waals surface area contributed by atoms with Gasteiger partial charge in [-0.1, -0.05) is 29.8 Å². The Morgan fingerprint density at radius 2 is 1.81 bits per heavy atom. The van der Waals surface area contributed by atoms with Crippen molar-refractivity contribution >= 4 is 35.1 Å². The van der Waals surface area contributed by atoms with Crippen LogP contribution in [0.3, 0.4) is 0 Å². The van der Waals surface area contributed by atoms with Crippen molar-refractivity contribution in [2.24, 2.45) is 5.73 Å². The number of rotatable bonds is 7. The van der Waals surface area contributed by atoms with Gasteiger partial charge in [-0.3, -0.25) is 9.59 Å². The molecule has 2 rings (SSSR count). The minimum absolute atomic E-state index is 0.0838. The minimum atomic E-state index is -0.761. The number of hydrogen-bond donors (Lipinski definition) is 2. The monoisotopic (exact) mass is 376 g/mol. The van der Waals surface area contributed by atoms with E-state index in [2.05, 4.69) is 5.32 Å². The van der Waals surface area contributed by atoms with Gasteiger partial charge in [0.2, 0.25) is 0 Å². The highest BCUT2D eigenvalue weighted by Gasteiger charge is 2.16. The number of benzene rings is 2. The molecule has 7 nitrogen and oxygen atoms in total. The Morgan fingerprint density at radius 3 is 2.54 bits per heavy atom. The molecule has 0 aliphatic rings. The molecule has 3 N–H and O–H groups in total. The zero-order valence-electron chi connectivity index (χ0n) is 14.0. The van der Waals surface area contributed by atoms with Crippen LogP contribution in [0.5, 0.6) is 5.75 Å². The van der Waals surface area contributed by atoms with E-state index in [0.29, 0.717) is 16.3 Å². The van der Waals surface area contributed by atoms with Gasteiger partial charge in [-0.25, -0.2) is 4.79 Å². The molecule has 0 saturated carbocycles. The van der Waals surface area contributed by atoms with Crippen LogP contribution in [0.1, 0.15) is 15.9 Å². The fraction of sp³-hybridized carbons (Fsp3) is 0.167. The van der Waals surface area contributed by atoms with E-state index < -0.39 is 24.4 Å². The van der Waals surface area contributed by atoms with Crippen LogP contribution in [0.2, 0.25) is 5.02 Å². The lowest BCUT2D eigenvalue weighted by Crippen LogP contribution is -2.23. The topological polar surface area (TPSA) is 108 Å². The van der Waals surface area contributed by atoms with Gasteiger partial charge in [-0.2, -0.15) is 0 Å². The lowest BCUT2D eigenvalue weighted by atomic mass is 10.2. The second-order valence-electron chi connectivity index (χ2n) is 5.29. The van der Waals surface area contributed by atoms with Crippen LogP contribution in [0, 0.1) is 6.92 Å². The maximum Gasteiger partial charge on any atom is 0.342 e. The lowest BCUT2D eigenvalue weighted by Gasteiger charge is -2.11. The molecule has 0 bridgehead atoms. The van der Waals surface area contributed by atoms with Crippen LogP contribution >= 0.6 is 11.6 Å². The van der Waals surface area contributed by atoms with E-state index >= 15 is 0 Å². The molecule has 26 heavy (non-hydrogen) atoms. The van der Waals surface area contributed by atoms with E-state index in [9.17, 15) is 14.4 Å². The van der Waals surface area contributed by atoms with Crippen LogP contribution < -0.4 is 15.8 Å². The largest absolute Gasteiger partial charge is 0.483 e. The average Bonchev–Trinajstić information content (AvgIpc) is 2.62. The van der Waals surface area contributed by atoms with Gasteiger partial charge in [0.05, 0.1) is 0 Å². The first-order chi connectivity index (χ1) is 12.4. The van der Waals surface area contributed by atoms with Gasteiger partial charge in [0.15, 0.2) is 13.2 Å². The Morgan fingerprint density at radius 1 is 1.08 bits per heavy atom. The van der Waals surface area contributed by atoms with Crippen LogP contribution in [0.25, 0.3) is 0 Å². The summed E-state index contributed by atoms with van der Waals surface area (Å²) in [5, 5.41) is 3.13. The summed E-state index contributed by atoms with van der Waals surface area (Å²) in [6.07, 6.45) is 0. The van der Waals surface area contributed by atoms with Crippen molar-refractivity contribution in [2.45, 2.75) is 6.92 Å². The van der Waals surface area contributed by atoms with E-state index in [-0.39, 0.29) is 17.9 Å². The highest BCUT2D eigenvalue weighted by molar-refractivity contribution is 6.31. The molecule has 2 aromatic carbocycles. The first-order valence-electron chi connectivity index (χ1n) is 7.60. The molecule has 0 spiro atoms. The van der Waals surface area contributed by atoms with Gasteiger partial charge in [-0.05, 0) is 36.8 Å². The number of nitrogens with two attached hydrogens (primary N) is 1. The number of nitrogens with one attached hydrogen (secondary N) is 1. The summed E-state index contributed by atoms with van der Waals surface area (Å²) in [5.41, 5.74) is 6.34. The number of para-hydroxylation sites is 1. The number of ether oxygens (including phenoxy) is 2. The third-order valence-corrected chi connectivity index (χ3v) is 3.76. The summed E-state index contributed by atoms with van der Waals surface area (Å²) in [6, 6.07) is 11.3. The summed E-state index contributed by atoms with van der Waals surface area (Å²) in [7, 11) is 0. The van der Waals surface area contributed by atoms with Crippen molar-refractivity contribution < 1.29 is 23.9 Å². The summed E-state index contributed by atoms with van der Waals surface area (Å²) in [6.45, 7) is 0.893. The third-order valence-electron chi connectivity index (χ3n) is 3.35. The normalized spacial score (nSPS) is 10.1. The van der Waals surface area contributed by atoms with Gasteiger partial charge in [-0.15, -0.1) is 0 Å². The Bertz CT molecular complexity index is 838. The van der Waals surface area contributed by atoms with Gasteiger partial charge in [0.25, 0.3) is 11.8 Å². The summed E-state index contributed by atoms with van der Waals surface area (Å²) < 4.78 is 10.2. The number of anilines is 1. The molecule has 0 aliphatic carbocycles. The maximum absolute atomic E-state index is 12.2. The van der Waals surface area contributed by atoms with Gasteiger partial charge < -0.3 is 20.5 Å². The van der Waals surface area contributed by atoms with Crippen LogP contribution in [0.4, 0.5) is 5.69 Å². The fourth-order valence-corrected chi connectivity index (χ4v) is 2.22. The van der Waals surface area contributed by atoms with Gasteiger partial charge in [0.1, 0.15) is 11.3 Å². The number of carbonyl (C=O) groups is 3.